The molecule has 0 saturated heterocycles. The second-order valence-corrected chi connectivity index (χ2v) is 4.96. The van der Waals surface area contributed by atoms with Gasteiger partial charge in [0, 0.05) is 18.3 Å². The number of nitrogen functional groups attached to an aromatic ring is 1. The van der Waals surface area contributed by atoms with Gasteiger partial charge in [-0.15, -0.1) is 0 Å². The van der Waals surface area contributed by atoms with Gasteiger partial charge in [0.05, 0.1) is 0 Å². The van der Waals surface area contributed by atoms with E-state index in [2.05, 4.69) is 10.3 Å². The minimum absolute atomic E-state index is 0.0457. The molecule has 2 aromatic rings. The smallest absolute Gasteiger partial charge is 0.237 e. The summed E-state index contributed by atoms with van der Waals surface area (Å²) in [6.07, 6.45) is 0. The lowest BCUT2D eigenvalue weighted by Gasteiger charge is -2.12. The highest BCUT2D eigenvalue weighted by Gasteiger charge is 2.12. The van der Waals surface area contributed by atoms with Gasteiger partial charge >= 0.3 is 0 Å². The fourth-order valence-electron chi connectivity index (χ4n) is 1.89. The third-order valence-electron chi connectivity index (χ3n) is 3.18. The predicted molar refractivity (Wildman–Crippen MR) is 95.3 cm³/mol. The van der Waals surface area contributed by atoms with Gasteiger partial charge < -0.3 is 26.6 Å². The van der Waals surface area contributed by atoms with Crippen LogP contribution in [0.4, 0.5) is 10.1 Å². The Balaban J connectivity index is 2.14. The van der Waals surface area contributed by atoms with Crippen LogP contribution in [0.3, 0.4) is 0 Å². The number of hydrogen-bond donors (Lipinski definition) is 5. The zero-order valence-corrected chi connectivity index (χ0v) is 13.5. The fourth-order valence-corrected chi connectivity index (χ4v) is 1.89. The number of nitrogens with two attached hydrogens (primary N) is 2. The molecule has 7 nitrogen and oxygen atoms in total. The van der Waals surface area contributed by atoms with Crippen molar-refractivity contribution in [2.45, 2.75) is 0 Å². The summed E-state index contributed by atoms with van der Waals surface area (Å²) in [6.45, 7) is 0. The minimum Gasteiger partial charge on any atom is -0.501 e. The summed E-state index contributed by atoms with van der Waals surface area (Å²) in [5.74, 6) is -0.800. The van der Waals surface area contributed by atoms with E-state index in [0.717, 1.165) is 0 Å². The van der Waals surface area contributed by atoms with E-state index in [1.165, 1.54) is 31.3 Å². The number of benzene rings is 2. The maximum absolute atomic E-state index is 12.9. The molecule has 0 aromatic heterocycles. The van der Waals surface area contributed by atoms with Crippen molar-refractivity contribution in [3.05, 3.63) is 71.6 Å². The second kappa shape index (κ2) is 7.82. The molecule has 0 aliphatic carbocycles. The number of aliphatic imine (C=N–C) groups is 1. The number of aliphatic hydroxyl groups excluding tert-OH is 1. The van der Waals surface area contributed by atoms with Crippen LogP contribution in [0.5, 0.6) is 5.75 Å². The Morgan fingerprint density at radius 2 is 1.72 bits per heavy atom. The van der Waals surface area contributed by atoms with E-state index in [0.29, 0.717) is 11.3 Å². The fraction of sp³-hybridized carbons (Fsp3) is 0.0588. The van der Waals surface area contributed by atoms with E-state index in [4.69, 9.17) is 21.6 Å². The molecule has 8 heteroatoms. The Morgan fingerprint density at radius 3 is 2.24 bits per heavy atom. The number of halogens is 1. The Bertz CT molecular complexity index is 814. The molecule has 0 heterocycles. The van der Waals surface area contributed by atoms with E-state index in [1.807, 2.05) is 0 Å². The Kier molecular flexibility index (Phi) is 5.57. The lowest BCUT2D eigenvalue weighted by molar-refractivity contribution is 0.351. The topological polar surface area (TPSA) is 130 Å². The standard InChI is InChI=1S/C17H18FN5O2/c1-22-17(23-12-6-2-10(3-7-12)15(19)20)14(24)16(21)25-13-8-4-11(18)5-9-13/h2-9,24H,21H2,1H3,(H3,19,20)(H,22,23)/b16-14-. The number of hydrogen-bond acceptors (Lipinski definition) is 5. The van der Waals surface area contributed by atoms with E-state index < -0.39 is 11.6 Å². The van der Waals surface area contributed by atoms with Gasteiger partial charge in [0.25, 0.3) is 0 Å². The van der Waals surface area contributed by atoms with Crippen LogP contribution in [0.2, 0.25) is 0 Å². The van der Waals surface area contributed by atoms with Crippen LogP contribution in [-0.4, -0.2) is 23.8 Å². The molecule has 0 saturated carbocycles. The van der Waals surface area contributed by atoms with Crippen LogP contribution in [0.15, 0.2) is 65.2 Å². The molecule has 0 bridgehead atoms. The Hall–Kier alpha value is -3.55. The molecule has 7 N–H and O–H groups in total. The summed E-state index contributed by atoms with van der Waals surface area (Å²) < 4.78 is 18.2. The number of aliphatic hydroxyl groups is 1. The van der Waals surface area contributed by atoms with Gasteiger partial charge in [-0.3, -0.25) is 10.4 Å². The average molecular weight is 343 g/mol. The van der Waals surface area contributed by atoms with Crippen molar-refractivity contribution in [3.8, 4) is 5.75 Å². The summed E-state index contributed by atoms with van der Waals surface area (Å²) in [4.78, 5) is 3.93. The zero-order valence-electron chi connectivity index (χ0n) is 13.5. The van der Waals surface area contributed by atoms with Crippen molar-refractivity contribution in [2.75, 3.05) is 12.4 Å². The van der Waals surface area contributed by atoms with Gasteiger partial charge in [0.15, 0.2) is 5.84 Å². The van der Waals surface area contributed by atoms with Gasteiger partial charge in [-0.05, 0) is 48.5 Å². The van der Waals surface area contributed by atoms with Crippen molar-refractivity contribution < 1.29 is 14.2 Å². The molecular weight excluding hydrogens is 325 g/mol. The van der Waals surface area contributed by atoms with Crippen LogP contribution < -0.4 is 21.5 Å². The summed E-state index contributed by atoms with van der Waals surface area (Å²) in [7, 11) is 1.47. The largest absolute Gasteiger partial charge is 0.501 e. The summed E-state index contributed by atoms with van der Waals surface area (Å²) in [5.41, 5.74) is 12.3. The highest BCUT2D eigenvalue weighted by atomic mass is 19.1. The molecule has 130 valence electrons. The predicted octanol–water partition coefficient (Wildman–Crippen LogP) is 2.31. The van der Waals surface area contributed by atoms with Crippen molar-refractivity contribution in [1.82, 2.24) is 0 Å². The number of amidine groups is 2. The number of nitrogens with zero attached hydrogens (tertiary/aromatic N) is 1. The molecule has 2 rings (SSSR count). The molecule has 0 atom stereocenters. The monoisotopic (exact) mass is 343 g/mol. The third kappa shape index (κ3) is 4.71. The molecule has 0 unspecified atom stereocenters. The molecule has 25 heavy (non-hydrogen) atoms. The van der Waals surface area contributed by atoms with E-state index >= 15 is 0 Å². The average Bonchev–Trinajstić information content (AvgIpc) is 2.61. The number of anilines is 1. The Morgan fingerprint density at radius 1 is 1.12 bits per heavy atom. The molecule has 0 aliphatic rings. The SMILES string of the molecule is CN=C(Nc1ccc(C(=N)N)cc1)/C(O)=C(\N)Oc1ccc(F)cc1. The first-order valence-electron chi connectivity index (χ1n) is 7.21. The lowest BCUT2D eigenvalue weighted by Crippen LogP contribution is -2.21. The first kappa shape index (κ1) is 17.8. The van der Waals surface area contributed by atoms with Crippen LogP contribution in [0, 0.1) is 11.2 Å². The van der Waals surface area contributed by atoms with Crippen LogP contribution >= 0.6 is 0 Å². The zero-order chi connectivity index (χ0) is 18.4. The van der Waals surface area contributed by atoms with Gasteiger partial charge in [-0.1, -0.05) is 0 Å². The second-order valence-electron chi connectivity index (χ2n) is 4.96. The van der Waals surface area contributed by atoms with Crippen LogP contribution in [-0.2, 0) is 0 Å². The van der Waals surface area contributed by atoms with Gasteiger partial charge in [0.1, 0.15) is 17.4 Å². The third-order valence-corrected chi connectivity index (χ3v) is 3.18. The first-order chi connectivity index (χ1) is 11.9. The highest BCUT2D eigenvalue weighted by molar-refractivity contribution is 6.06. The molecule has 2 aromatic carbocycles. The van der Waals surface area contributed by atoms with Crippen molar-refractivity contribution >= 4 is 17.4 Å². The molecule has 0 fully saturated rings. The summed E-state index contributed by atoms with van der Waals surface area (Å²) in [5, 5.41) is 20.4. The molecule has 0 amide bonds. The van der Waals surface area contributed by atoms with Crippen LogP contribution in [0.1, 0.15) is 5.56 Å². The van der Waals surface area contributed by atoms with Gasteiger partial charge in [0.2, 0.25) is 11.6 Å². The van der Waals surface area contributed by atoms with Crippen molar-refractivity contribution in [3.63, 3.8) is 0 Å². The summed E-state index contributed by atoms with van der Waals surface area (Å²) in [6, 6.07) is 11.8. The first-order valence-corrected chi connectivity index (χ1v) is 7.21. The quantitative estimate of drug-likeness (QED) is 0.323. The molecule has 0 spiro atoms. The van der Waals surface area contributed by atoms with E-state index in [9.17, 15) is 9.50 Å². The molecule has 0 radical (unpaired) electrons. The number of nitrogens with one attached hydrogen (secondary N) is 2. The lowest BCUT2D eigenvalue weighted by atomic mass is 10.2. The summed E-state index contributed by atoms with van der Waals surface area (Å²) >= 11 is 0. The van der Waals surface area contributed by atoms with E-state index in [1.54, 1.807) is 24.3 Å². The normalized spacial score (nSPS) is 12.3. The van der Waals surface area contributed by atoms with Crippen LogP contribution in [0.25, 0.3) is 0 Å². The molecular formula is C17H18FN5O2. The number of ether oxygens (including phenoxy) is 1. The minimum atomic E-state index is -0.411. The molecule has 0 aliphatic heterocycles. The van der Waals surface area contributed by atoms with E-state index in [-0.39, 0.29) is 23.3 Å². The maximum atomic E-state index is 12.9. The van der Waals surface area contributed by atoms with Crippen molar-refractivity contribution in [2.24, 2.45) is 16.5 Å². The van der Waals surface area contributed by atoms with Gasteiger partial charge in [-0.2, -0.15) is 0 Å². The highest BCUT2D eigenvalue weighted by Crippen LogP contribution is 2.15. The maximum Gasteiger partial charge on any atom is 0.237 e. The van der Waals surface area contributed by atoms with Crippen molar-refractivity contribution in [1.29, 1.82) is 5.41 Å². The van der Waals surface area contributed by atoms with Gasteiger partial charge in [-0.25, -0.2) is 4.39 Å². The number of rotatable bonds is 5. The Labute approximate surface area is 144 Å².